The number of ether oxygens (including phenoxy) is 2. The largest absolute Gasteiger partial charge is 0.504 e. The third kappa shape index (κ3) is 2.47. The van der Waals surface area contributed by atoms with Crippen molar-refractivity contribution in [1.29, 1.82) is 0 Å². The van der Waals surface area contributed by atoms with Gasteiger partial charge in [0.05, 0.1) is 13.2 Å². The Morgan fingerprint density at radius 1 is 1.37 bits per heavy atom. The van der Waals surface area contributed by atoms with Crippen LogP contribution in [0.4, 0.5) is 4.39 Å². The van der Waals surface area contributed by atoms with Gasteiger partial charge in [-0.05, 0) is 17.7 Å². The third-order valence-corrected chi connectivity index (χ3v) is 2.46. The zero-order valence-corrected chi connectivity index (χ0v) is 9.84. The number of carbonyl (C=O) groups excluding carboxylic acids is 2. The number of aliphatic hydroxyl groups excluding tert-OH is 1. The summed E-state index contributed by atoms with van der Waals surface area (Å²) in [7, 11) is 1.15. The van der Waals surface area contributed by atoms with Crippen molar-refractivity contribution in [2.24, 2.45) is 0 Å². The molecular weight excluding hydrogens is 255 g/mol. The third-order valence-electron chi connectivity index (χ3n) is 2.46. The highest BCUT2D eigenvalue weighted by Gasteiger charge is 2.31. The molecule has 2 rings (SSSR count). The number of esters is 2. The first-order valence-electron chi connectivity index (χ1n) is 5.24. The molecule has 0 aliphatic carbocycles. The van der Waals surface area contributed by atoms with Gasteiger partial charge in [-0.25, -0.2) is 14.0 Å². The quantitative estimate of drug-likeness (QED) is 0.650. The molecule has 1 aromatic rings. The van der Waals surface area contributed by atoms with Gasteiger partial charge in [0.2, 0.25) is 0 Å². The lowest BCUT2D eigenvalue weighted by molar-refractivity contribution is -0.135. The van der Waals surface area contributed by atoms with Crippen LogP contribution in [0.25, 0.3) is 5.57 Å². The second kappa shape index (κ2) is 4.93. The fourth-order valence-corrected chi connectivity index (χ4v) is 1.55. The van der Waals surface area contributed by atoms with Crippen molar-refractivity contribution in [3.63, 3.8) is 0 Å². The molecule has 5 nitrogen and oxygen atoms in total. The molecule has 0 radical (unpaired) electrons. The Balaban J connectivity index is 2.44. The Morgan fingerprint density at radius 2 is 2.00 bits per heavy atom. The zero-order chi connectivity index (χ0) is 14.0. The minimum absolute atomic E-state index is 0.129. The first-order chi connectivity index (χ1) is 9.02. The van der Waals surface area contributed by atoms with Crippen LogP contribution in [-0.4, -0.2) is 24.2 Å². The maximum absolute atomic E-state index is 12.8. The molecule has 1 N–H and O–H groups in total. The first kappa shape index (κ1) is 12.8. The molecule has 0 amide bonds. The smallest absolute Gasteiger partial charge is 0.348 e. The summed E-state index contributed by atoms with van der Waals surface area (Å²) >= 11 is 0. The molecule has 0 saturated heterocycles. The number of hydrogen-bond donors (Lipinski definition) is 1. The monoisotopic (exact) mass is 264 g/mol. The Morgan fingerprint density at radius 3 is 2.58 bits per heavy atom. The van der Waals surface area contributed by atoms with E-state index < -0.39 is 23.5 Å². The van der Waals surface area contributed by atoms with E-state index in [1.54, 1.807) is 0 Å². The number of carbonyl (C=O) groups is 2. The van der Waals surface area contributed by atoms with E-state index in [4.69, 9.17) is 4.74 Å². The van der Waals surface area contributed by atoms with Crippen molar-refractivity contribution in [2.45, 2.75) is 0 Å². The van der Waals surface area contributed by atoms with Crippen molar-refractivity contribution in [3.05, 3.63) is 53.2 Å². The Kier molecular flexibility index (Phi) is 3.33. The average Bonchev–Trinajstić information content (AvgIpc) is 2.66. The summed E-state index contributed by atoms with van der Waals surface area (Å²) in [5.74, 6) is -2.84. The summed E-state index contributed by atoms with van der Waals surface area (Å²) in [6.07, 6.45) is 0.851. The molecule has 0 fully saturated rings. The van der Waals surface area contributed by atoms with Gasteiger partial charge in [0.25, 0.3) is 0 Å². The van der Waals surface area contributed by atoms with Gasteiger partial charge in [-0.2, -0.15) is 0 Å². The molecule has 1 aliphatic heterocycles. The van der Waals surface area contributed by atoms with Crippen LogP contribution in [0.5, 0.6) is 0 Å². The van der Waals surface area contributed by atoms with Crippen LogP contribution in [0.3, 0.4) is 0 Å². The molecule has 0 saturated carbocycles. The average molecular weight is 264 g/mol. The highest BCUT2D eigenvalue weighted by atomic mass is 19.1. The van der Waals surface area contributed by atoms with Gasteiger partial charge >= 0.3 is 11.9 Å². The van der Waals surface area contributed by atoms with Crippen LogP contribution in [0.1, 0.15) is 5.56 Å². The lowest BCUT2D eigenvalue weighted by Gasteiger charge is -1.98. The first-order valence-corrected chi connectivity index (χ1v) is 5.24. The van der Waals surface area contributed by atoms with Gasteiger partial charge < -0.3 is 14.6 Å². The zero-order valence-electron chi connectivity index (χ0n) is 9.84. The number of cyclic esters (lactones) is 1. The SMILES string of the molecule is COC(=O)/C=C1\OC(=O)C(c2ccc(F)cc2)=C1O. The maximum atomic E-state index is 12.8. The summed E-state index contributed by atoms with van der Waals surface area (Å²) in [4.78, 5) is 22.7. The summed E-state index contributed by atoms with van der Waals surface area (Å²) in [5, 5.41) is 9.85. The molecule has 1 heterocycles. The van der Waals surface area contributed by atoms with Crippen molar-refractivity contribution in [3.8, 4) is 0 Å². The van der Waals surface area contributed by atoms with Gasteiger partial charge in [-0.3, -0.25) is 0 Å². The highest BCUT2D eigenvalue weighted by Crippen LogP contribution is 2.31. The second-order valence-corrected chi connectivity index (χ2v) is 3.65. The minimum atomic E-state index is -0.820. The number of methoxy groups -OCH3 is 1. The molecule has 6 heteroatoms. The van der Waals surface area contributed by atoms with E-state index in [-0.39, 0.29) is 16.9 Å². The Hall–Kier alpha value is -2.63. The predicted molar refractivity (Wildman–Crippen MR) is 62.1 cm³/mol. The van der Waals surface area contributed by atoms with E-state index >= 15 is 0 Å². The van der Waals surface area contributed by atoms with Crippen LogP contribution >= 0.6 is 0 Å². The standard InChI is InChI=1S/C13H9FO5/c1-18-10(15)6-9-12(16)11(13(17)19-9)7-2-4-8(14)5-3-7/h2-6,16H,1H3/b9-6-. The maximum Gasteiger partial charge on any atom is 0.348 e. The Labute approximate surface area is 107 Å². The number of aliphatic hydroxyl groups is 1. The van der Waals surface area contributed by atoms with E-state index in [1.165, 1.54) is 12.1 Å². The van der Waals surface area contributed by atoms with Crippen molar-refractivity contribution in [1.82, 2.24) is 0 Å². The topological polar surface area (TPSA) is 72.8 Å². The van der Waals surface area contributed by atoms with Gasteiger partial charge in [0.15, 0.2) is 11.5 Å². The molecular formula is C13H9FO5. The van der Waals surface area contributed by atoms with Crippen LogP contribution in [0, 0.1) is 5.82 Å². The van der Waals surface area contributed by atoms with Crippen LogP contribution in [0.15, 0.2) is 41.9 Å². The van der Waals surface area contributed by atoms with Gasteiger partial charge in [0.1, 0.15) is 11.4 Å². The van der Waals surface area contributed by atoms with E-state index in [9.17, 15) is 19.1 Å². The molecule has 1 aliphatic rings. The fraction of sp³-hybridized carbons (Fsp3) is 0.0769. The second-order valence-electron chi connectivity index (χ2n) is 3.65. The summed E-state index contributed by atoms with van der Waals surface area (Å²) in [5.41, 5.74) is 0.160. The molecule has 98 valence electrons. The number of benzene rings is 1. The van der Waals surface area contributed by atoms with Crippen LogP contribution in [0.2, 0.25) is 0 Å². The van der Waals surface area contributed by atoms with Gasteiger partial charge in [-0.15, -0.1) is 0 Å². The lowest BCUT2D eigenvalue weighted by Crippen LogP contribution is -2.00. The molecule has 0 atom stereocenters. The summed E-state index contributed by atoms with van der Waals surface area (Å²) in [6, 6.07) is 4.93. The van der Waals surface area contributed by atoms with Gasteiger partial charge in [-0.1, -0.05) is 12.1 Å². The molecule has 1 aromatic carbocycles. The molecule has 0 spiro atoms. The molecule has 0 bridgehead atoms. The van der Waals surface area contributed by atoms with Crippen LogP contribution in [-0.2, 0) is 19.1 Å². The van der Waals surface area contributed by atoms with E-state index in [1.807, 2.05) is 0 Å². The highest BCUT2D eigenvalue weighted by molar-refractivity contribution is 6.20. The van der Waals surface area contributed by atoms with E-state index in [0.717, 1.165) is 25.3 Å². The van der Waals surface area contributed by atoms with Crippen molar-refractivity contribution < 1.29 is 28.6 Å². The minimum Gasteiger partial charge on any atom is -0.504 e. The lowest BCUT2D eigenvalue weighted by atomic mass is 10.1. The predicted octanol–water partition coefficient (Wildman–Crippen LogP) is 1.71. The molecule has 0 unspecified atom stereocenters. The number of halogens is 1. The number of rotatable bonds is 2. The fourth-order valence-electron chi connectivity index (χ4n) is 1.55. The van der Waals surface area contributed by atoms with Crippen molar-refractivity contribution in [2.75, 3.05) is 7.11 Å². The molecule has 0 aromatic heterocycles. The van der Waals surface area contributed by atoms with Crippen molar-refractivity contribution >= 4 is 17.5 Å². The van der Waals surface area contributed by atoms with E-state index in [0.29, 0.717) is 0 Å². The number of hydrogen-bond acceptors (Lipinski definition) is 5. The van der Waals surface area contributed by atoms with E-state index in [2.05, 4.69) is 4.74 Å². The normalized spacial score (nSPS) is 16.7. The van der Waals surface area contributed by atoms with Crippen LogP contribution < -0.4 is 0 Å². The van der Waals surface area contributed by atoms with Gasteiger partial charge in [0, 0.05) is 0 Å². The summed E-state index contributed by atoms with van der Waals surface area (Å²) in [6.45, 7) is 0. The summed E-state index contributed by atoms with van der Waals surface area (Å²) < 4.78 is 21.9. The molecule has 19 heavy (non-hydrogen) atoms. The Bertz CT molecular complexity index is 598.